The van der Waals surface area contributed by atoms with E-state index in [4.69, 9.17) is 0 Å². The Morgan fingerprint density at radius 2 is 2.31 bits per heavy atom. The largest absolute Gasteiger partial charge is 0.392 e. The molecule has 0 aromatic carbocycles. The summed E-state index contributed by atoms with van der Waals surface area (Å²) in [5, 5.41) is 12.7. The van der Waals surface area contributed by atoms with Crippen molar-refractivity contribution in [3.63, 3.8) is 0 Å². The minimum atomic E-state index is -0.246. The second-order valence-corrected chi connectivity index (χ2v) is 5.54. The second-order valence-electron chi connectivity index (χ2n) is 3.11. The van der Waals surface area contributed by atoms with Crippen LogP contribution in [0, 0.1) is 6.92 Å². The van der Waals surface area contributed by atoms with E-state index in [9.17, 15) is 5.11 Å². The van der Waals surface area contributed by atoms with Gasteiger partial charge in [-0.25, -0.2) is 4.98 Å². The van der Waals surface area contributed by atoms with Crippen molar-refractivity contribution in [2.75, 3.05) is 0 Å². The van der Waals surface area contributed by atoms with Crippen LogP contribution >= 0.6 is 23.1 Å². The van der Waals surface area contributed by atoms with Crippen molar-refractivity contribution in [2.24, 2.45) is 0 Å². The molecule has 0 radical (unpaired) electrons. The van der Waals surface area contributed by atoms with Crippen LogP contribution in [-0.4, -0.2) is 21.4 Å². The summed E-state index contributed by atoms with van der Waals surface area (Å²) in [4.78, 5) is 4.36. The SMILES string of the molecule is Cc1nc(CSC(C)C(C)O)cs1. The van der Waals surface area contributed by atoms with E-state index in [-0.39, 0.29) is 11.4 Å². The summed E-state index contributed by atoms with van der Waals surface area (Å²) in [5.74, 6) is 0.899. The van der Waals surface area contributed by atoms with Crippen molar-refractivity contribution in [1.82, 2.24) is 4.98 Å². The first-order valence-electron chi connectivity index (χ1n) is 4.30. The highest BCUT2D eigenvalue weighted by atomic mass is 32.2. The average Bonchev–Trinajstić information content (AvgIpc) is 2.47. The van der Waals surface area contributed by atoms with Gasteiger partial charge in [-0.2, -0.15) is 0 Å². The van der Waals surface area contributed by atoms with Crippen molar-refractivity contribution in [3.8, 4) is 0 Å². The van der Waals surface area contributed by atoms with Gasteiger partial charge in [0, 0.05) is 16.4 Å². The van der Waals surface area contributed by atoms with E-state index >= 15 is 0 Å². The van der Waals surface area contributed by atoms with Crippen molar-refractivity contribution in [3.05, 3.63) is 16.1 Å². The number of hydrogen-bond acceptors (Lipinski definition) is 4. The number of nitrogens with zero attached hydrogens (tertiary/aromatic N) is 1. The van der Waals surface area contributed by atoms with E-state index < -0.39 is 0 Å². The first-order valence-corrected chi connectivity index (χ1v) is 6.23. The van der Waals surface area contributed by atoms with Crippen LogP contribution < -0.4 is 0 Å². The third-order valence-electron chi connectivity index (χ3n) is 1.84. The number of aliphatic hydroxyl groups is 1. The zero-order valence-electron chi connectivity index (χ0n) is 8.15. The number of aliphatic hydroxyl groups excluding tert-OH is 1. The maximum atomic E-state index is 9.27. The van der Waals surface area contributed by atoms with Crippen LogP contribution in [0.4, 0.5) is 0 Å². The second kappa shape index (κ2) is 4.98. The van der Waals surface area contributed by atoms with Gasteiger partial charge in [0.2, 0.25) is 0 Å². The van der Waals surface area contributed by atoms with Crippen LogP contribution in [0.3, 0.4) is 0 Å². The smallest absolute Gasteiger partial charge is 0.0897 e. The first-order chi connectivity index (χ1) is 6.09. The molecule has 1 aromatic heterocycles. The predicted octanol–water partition coefficient (Wildman–Crippen LogP) is 2.45. The number of thiazole rings is 1. The van der Waals surface area contributed by atoms with Crippen LogP contribution in [0.2, 0.25) is 0 Å². The molecule has 0 amide bonds. The fraction of sp³-hybridized carbons (Fsp3) is 0.667. The Bertz CT molecular complexity index is 260. The van der Waals surface area contributed by atoms with E-state index in [1.54, 1.807) is 23.1 Å². The molecule has 0 aliphatic heterocycles. The summed E-state index contributed by atoms with van der Waals surface area (Å²) < 4.78 is 0. The van der Waals surface area contributed by atoms with Crippen molar-refractivity contribution >= 4 is 23.1 Å². The summed E-state index contributed by atoms with van der Waals surface area (Å²) >= 11 is 3.42. The van der Waals surface area contributed by atoms with Gasteiger partial charge < -0.3 is 5.11 Å². The topological polar surface area (TPSA) is 33.1 Å². The lowest BCUT2D eigenvalue weighted by atomic mass is 10.3. The molecular weight excluding hydrogens is 202 g/mol. The zero-order chi connectivity index (χ0) is 9.84. The zero-order valence-corrected chi connectivity index (χ0v) is 9.78. The molecule has 0 saturated carbocycles. The lowest BCUT2D eigenvalue weighted by Crippen LogP contribution is -2.15. The molecule has 1 N–H and O–H groups in total. The molecule has 0 spiro atoms. The monoisotopic (exact) mass is 217 g/mol. The summed E-state index contributed by atoms with van der Waals surface area (Å²) in [6.45, 7) is 5.87. The Morgan fingerprint density at radius 1 is 1.62 bits per heavy atom. The summed E-state index contributed by atoms with van der Waals surface area (Å²) in [6.07, 6.45) is -0.246. The molecule has 0 aliphatic rings. The van der Waals surface area contributed by atoms with E-state index in [0.717, 1.165) is 16.5 Å². The number of hydrogen-bond donors (Lipinski definition) is 1. The summed E-state index contributed by atoms with van der Waals surface area (Å²) in [6, 6.07) is 0. The molecule has 13 heavy (non-hydrogen) atoms. The fourth-order valence-corrected chi connectivity index (χ4v) is 2.41. The third kappa shape index (κ3) is 3.67. The predicted molar refractivity (Wildman–Crippen MR) is 59.3 cm³/mol. The van der Waals surface area contributed by atoms with Gasteiger partial charge in [0.15, 0.2) is 0 Å². The molecule has 1 heterocycles. The van der Waals surface area contributed by atoms with Crippen molar-refractivity contribution in [1.29, 1.82) is 0 Å². The highest BCUT2D eigenvalue weighted by Crippen LogP contribution is 2.20. The number of aryl methyl sites for hydroxylation is 1. The van der Waals surface area contributed by atoms with Crippen molar-refractivity contribution in [2.45, 2.75) is 37.9 Å². The summed E-state index contributed by atoms with van der Waals surface area (Å²) in [7, 11) is 0. The molecule has 0 saturated heterocycles. The highest BCUT2D eigenvalue weighted by Gasteiger charge is 2.09. The molecule has 0 fully saturated rings. The third-order valence-corrected chi connectivity index (χ3v) is 4.04. The first kappa shape index (κ1) is 11.0. The molecule has 1 aromatic rings. The van der Waals surface area contributed by atoms with Gasteiger partial charge in [-0.1, -0.05) is 6.92 Å². The van der Waals surface area contributed by atoms with Gasteiger partial charge in [-0.05, 0) is 13.8 Å². The maximum Gasteiger partial charge on any atom is 0.0897 e. The van der Waals surface area contributed by atoms with E-state index in [2.05, 4.69) is 10.4 Å². The lowest BCUT2D eigenvalue weighted by molar-refractivity contribution is 0.196. The number of aromatic nitrogens is 1. The van der Waals surface area contributed by atoms with E-state index in [0.29, 0.717) is 0 Å². The molecule has 1 rings (SSSR count). The Morgan fingerprint density at radius 3 is 2.77 bits per heavy atom. The molecule has 0 bridgehead atoms. The van der Waals surface area contributed by atoms with Gasteiger partial charge in [0.25, 0.3) is 0 Å². The van der Waals surface area contributed by atoms with Gasteiger partial charge >= 0.3 is 0 Å². The minimum absolute atomic E-state index is 0.246. The van der Waals surface area contributed by atoms with Gasteiger partial charge in [-0.15, -0.1) is 23.1 Å². The molecule has 0 aliphatic carbocycles. The quantitative estimate of drug-likeness (QED) is 0.841. The molecule has 2 nitrogen and oxygen atoms in total. The number of rotatable bonds is 4. The molecule has 74 valence electrons. The van der Waals surface area contributed by atoms with Crippen LogP contribution in [0.5, 0.6) is 0 Å². The average molecular weight is 217 g/mol. The van der Waals surface area contributed by atoms with Crippen LogP contribution in [-0.2, 0) is 5.75 Å². The van der Waals surface area contributed by atoms with Crippen LogP contribution in [0.1, 0.15) is 24.5 Å². The molecule has 4 heteroatoms. The molecule has 2 unspecified atom stereocenters. The van der Waals surface area contributed by atoms with Gasteiger partial charge in [0.1, 0.15) is 0 Å². The van der Waals surface area contributed by atoms with E-state index in [1.807, 2.05) is 20.8 Å². The minimum Gasteiger partial charge on any atom is -0.392 e. The van der Waals surface area contributed by atoms with Crippen LogP contribution in [0.25, 0.3) is 0 Å². The Labute approximate surface area is 87.4 Å². The Kier molecular flexibility index (Phi) is 4.22. The maximum absolute atomic E-state index is 9.27. The normalized spacial score (nSPS) is 15.7. The van der Waals surface area contributed by atoms with E-state index in [1.165, 1.54) is 0 Å². The van der Waals surface area contributed by atoms with Crippen molar-refractivity contribution < 1.29 is 5.11 Å². The van der Waals surface area contributed by atoms with Crippen LogP contribution in [0.15, 0.2) is 5.38 Å². The number of thioether (sulfide) groups is 1. The molecule has 2 atom stereocenters. The lowest BCUT2D eigenvalue weighted by Gasteiger charge is -2.12. The highest BCUT2D eigenvalue weighted by molar-refractivity contribution is 7.99. The van der Waals surface area contributed by atoms with Gasteiger partial charge in [-0.3, -0.25) is 0 Å². The fourth-order valence-electron chi connectivity index (χ4n) is 0.831. The van der Waals surface area contributed by atoms with Gasteiger partial charge in [0.05, 0.1) is 16.8 Å². The standard InChI is InChI=1S/C9H15NOS2/c1-6(11)7(2)12-4-9-5-13-8(3)10-9/h5-7,11H,4H2,1-3H3. The molecular formula is C9H15NOS2. The summed E-state index contributed by atoms with van der Waals surface area (Å²) in [5.41, 5.74) is 1.13. The Hall–Kier alpha value is -0.0600. The Balaban J connectivity index is 2.35.